The van der Waals surface area contributed by atoms with Gasteiger partial charge in [0.25, 0.3) is 15.9 Å². The molecule has 0 aliphatic rings. The molecule has 0 atom stereocenters. The molecule has 26 heavy (non-hydrogen) atoms. The van der Waals surface area contributed by atoms with Gasteiger partial charge in [0.15, 0.2) is 11.5 Å². The number of amides is 1. The van der Waals surface area contributed by atoms with Gasteiger partial charge in [-0.2, -0.15) is 0 Å². The SMILES string of the molecule is COc1ccc(S(=O)(=O)NC(=O)c2cn(C)c3ccccc23)cc1OC. The van der Waals surface area contributed by atoms with E-state index >= 15 is 0 Å². The molecule has 0 saturated carbocycles. The summed E-state index contributed by atoms with van der Waals surface area (Å²) >= 11 is 0. The van der Waals surface area contributed by atoms with Crippen LogP contribution in [0.5, 0.6) is 11.5 Å². The predicted octanol–water partition coefficient (Wildman–Crippen LogP) is 2.31. The summed E-state index contributed by atoms with van der Waals surface area (Å²) in [6, 6.07) is 11.4. The number of carbonyl (C=O) groups is 1. The number of carbonyl (C=O) groups excluding carboxylic acids is 1. The maximum atomic E-state index is 12.6. The van der Waals surface area contributed by atoms with Crippen molar-refractivity contribution in [1.29, 1.82) is 0 Å². The van der Waals surface area contributed by atoms with E-state index in [1.54, 1.807) is 29.9 Å². The Balaban J connectivity index is 1.95. The van der Waals surface area contributed by atoms with Gasteiger partial charge in [-0.3, -0.25) is 4.79 Å². The normalized spacial score (nSPS) is 11.3. The van der Waals surface area contributed by atoms with Crippen molar-refractivity contribution in [1.82, 2.24) is 9.29 Å². The average Bonchev–Trinajstić information content (AvgIpc) is 2.98. The molecule has 0 fully saturated rings. The number of ether oxygens (including phenoxy) is 2. The van der Waals surface area contributed by atoms with Gasteiger partial charge in [0.1, 0.15) is 0 Å². The lowest BCUT2D eigenvalue weighted by Gasteiger charge is -2.11. The summed E-state index contributed by atoms with van der Waals surface area (Å²) in [4.78, 5) is 12.5. The Morgan fingerprint density at radius 2 is 1.73 bits per heavy atom. The first-order valence-corrected chi connectivity index (χ1v) is 9.19. The first-order valence-electron chi connectivity index (χ1n) is 7.70. The highest BCUT2D eigenvalue weighted by Crippen LogP contribution is 2.29. The maximum absolute atomic E-state index is 12.6. The molecular weight excluding hydrogens is 356 g/mol. The summed E-state index contributed by atoms with van der Waals surface area (Å²) in [5.41, 5.74) is 1.12. The Kier molecular flexibility index (Phi) is 4.60. The molecule has 7 nitrogen and oxygen atoms in total. The van der Waals surface area contributed by atoms with Gasteiger partial charge in [-0.15, -0.1) is 0 Å². The van der Waals surface area contributed by atoms with Crippen molar-refractivity contribution in [2.45, 2.75) is 4.90 Å². The van der Waals surface area contributed by atoms with Gasteiger partial charge in [0.2, 0.25) is 0 Å². The van der Waals surface area contributed by atoms with Crippen LogP contribution in [0, 0.1) is 0 Å². The fourth-order valence-corrected chi connectivity index (χ4v) is 3.72. The third-order valence-electron chi connectivity index (χ3n) is 4.03. The van der Waals surface area contributed by atoms with Crippen LogP contribution in [0.1, 0.15) is 10.4 Å². The van der Waals surface area contributed by atoms with Crippen LogP contribution < -0.4 is 14.2 Å². The monoisotopic (exact) mass is 374 g/mol. The molecule has 0 aliphatic heterocycles. The summed E-state index contributed by atoms with van der Waals surface area (Å²) in [5, 5.41) is 0.676. The van der Waals surface area contributed by atoms with E-state index in [1.165, 1.54) is 32.4 Å². The zero-order chi connectivity index (χ0) is 18.9. The van der Waals surface area contributed by atoms with E-state index in [1.807, 2.05) is 12.1 Å². The lowest BCUT2D eigenvalue weighted by molar-refractivity contribution is 0.0983. The van der Waals surface area contributed by atoms with Crippen LogP contribution in [-0.2, 0) is 17.1 Å². The number of aromatic nitrogens is 1. The van der Waals surface area contributed by atoms with Crippen LogP contribution >= 0.6 is 0 Å². The molecule has 8 heteroatoms. The highest BCUT2D eigenvalue weighted by Gasteiger charge is 2.22. The molecule has 0 saturated heterocycles. The van der Waals surface area contributed by atoms with Gasteiger partial charge in [0, 0.05) is 30.2 Å². The van der Waals surface area contributed by atoms with Crippen LogP contribution in [0.2, 0.25) is 0 Å². The molecule has 0 bridgehead atoms. The van der Waals surface area contributed by atoms with Crippen molar-refractivity contribution in [3.8, 4) is 11.5 Å². The van der Waals surface area contributed by atoms with Crippen molar-refractivity contribution in [3.63, 3.8) is 0 Å². The third-order valence-corrected chi connectivity index (χ3v) is 5.36. The molecule has 0 spiro atoms. The Hall–Kier alpha value is -3.00. The van der Waals surface area contributed by atoms with Crippen LogP contribution in [0.4, 0.5) is 0 Å². The van der Waals surface area contributed by atoms with E-state index in [0.717, 1.165) is 5.52 Å². The van der Waals surface area contributed by atoms with E-state index < -0.39 is 15.9 Å². The number of aryl methyl sites for hydroxylation is 1. The Morgan fingerprint density at radius 3 is 2.42 bits per heavy atom. The van der Waals surface area contributed by atoms with Crippen molar-refractivity contribution < 1.29 is 22.7 Å². The summed E-state index contributed by atoms with van der Waals surface area (Å²) in [6.07, 6.45) is 1.60. The highest BCUT2D eigenvalue weighted by atomic mass is 32.2. The number of benzene rings is 2. The Bertz CT molecular complexity index is 1090. The highest BCUT2D eigenvalue weighted by molar-refractivity contribution is 7.90. The van der Waals surface area contributed by atoms with E-state index in [9.17, 15) is 13.2 Å². The Morgan fingerprint density at radius 1 is 1.04 bits per heavy atom. The third kappa shape index (κ3) is 3.11. The molecule has 0 aliphatic carbocycles. The molecule has 2 aromatic carbocycles. The fourth-order valence-electron chi connectivity index (χ4n) is 2.74. The first-order chi connectivity index (χ1) is 12.4. The van der Waals surface area contributed by atoms with Crippen molar-refractivity contribution in [2.75, 3.05) is 14.2 Å². The number of para-hydroxylation sites is 1. The van der Waals surface area contributed by atoms with Gasteiger partial charge >= 0.3 is 0 Å². The largest absolute Gasteiger partial charge is 0.493 e. The molecular formula is C18H18N2O5S. The lowest BCUT2D eigenvalue weighted by atomic mass is 10.2. The second-order valence-electron chi connectivity index (χ2n) is 5.62. The van der Waals surface area contributed by atoms with E-state index in [2.05, 4.69) is 4.72 Å². The number of nitrogens with one attached hydrogen (secondary N) is 1. The minimum absolute atomic E-state index is 0.0938. The van der Waals surface area contributed by atoms with E-state index in [-0.39, 0.29) is 16.2 Å². The Labute approximate surface area is 151 Å². The molecule has 1 heterocycles. The summed E-state index contributed by atoms with van der Waals surface area (Å²) in [6.45, 7) is 0. The summed E-state index contributed by atoms with van der Waals surface area (Å²) in [5.74, 6) is -0.0450. The number of fused-ring (bicyclic) bond motifs is 1. The molecule has 1 amide bonds. The van der Waals surface area contributed by atoms with Crippen LogP contribution in [0.25, 0.3) is 10.9 Å². The first kappa shape index (κ1) is 17.8. The topological polar surface area (TPSA) is 86.6 Å². The smallest absolute Gasteiger partial charge is 0.267 e. The van der Waals surface area contributed by atoms with E-state index in [4.69, 9.17) is 9.47 Å². The zero-order valence-electron chi connectivity index (χ0n) is 14.5. The number of rotatable bonds is 5. The van der Waals surface area contributed by atoms with Gasteiger partial charge in [-0.25, -0.2) is 13.1 Å². The van der Waals surface area contributed by atoms with Crippen molar-refractivity contribution in [3.05, 3.63) is 54.2 Å². The van der Waals surface area contributed by atoms with Gasteiger partial charge in [-0.1, -0.05) is 18.2 Å². The van der Waals surface area contributed by atoms with Crippen molar-refractivity contribution >= 4 is 26.8 Å². The average molecular weight is 374 g/mol. The van der Waals surface area contributed by atoms with Gasteiger partial charge < -0.3 is 14.0 Å². The predicted molar refractivity (Wildman–Crippen MR) is 97.1 cm³/mol. The van der Waals surface area contributed by atoms with E-state index in [0.29, 0.717) is 11.1 Å². The number of hydrogen-bond acceptors (Lipinski definition) is 5. The second kappa shape index (κ2) is 6.72. The van der Waals surface area contributed by atoms with Crippen LogP contribution in [0.3, 0.4) is 0 Å². The molecule has 1 N–H and O–H groups in total. The fraction of sp³-hybridized carbons (Fsp3) is 0.167. The quantitative estimate of drug-likeness (QED) is 0.741. The van der Waals surface area contributed by atoms with Gasteiger partial charge in [0.05, 0.1) is 24.7 Å². The minimum atomic E-state index is -4.07. The standard InChI is InChI=1S/C18H18N2O5S/c1-20-11-14(13-6-4-5-7-15(13)20)18(21)19-26(22,23)12-8-9-16(24-2)17(10-12)25-3/h4-11H,1-3H3,(H,19,21). The molecule has 136 valence electrons. The van der Waals surface area contributed by atoms with Crippen molar-refractivity contribution in [2.24, 2.45) is 7.05 Å². The maximum Gasteiger partial charge on any atom is 0.267 e. The minimum Gasteiger partial charge on any atom is -0.493 e. The van der Waals surface area contributed by atoms with Gasteiger partial charge in [-0.05, 0) is 18.2 Å². The second-order valence-corrected chi connectivity index (χ2v) is 7.30. The number of sulfonamides is 1. The molecule has 0 unspecified atom stereocenters. The molecule has 1 aromatic heterocycles. The van der Waals surface area contributed by atoms with Crippen LogP contribution in [-0.4, -0.2) is 33.1 Å². The number of nitrogens with zero attached hydrogens (tertiary/aromatic N) is 1. The molecule has 3 rings (SSSR count). The lowest BCUT2D eigenvalue weighted by Crippen LogP contribution is -2.30. The van der Waals surface area contributed by atoms with Crippen LogP contribution in [0.15, 0.2) is 53.6 Å². The molecule has 3 aromatic rings. The zero-order valence-corrected chi connectivity index (χ0v) is 15.3. The number of hydrogen-bond donors (Lipinski definition) is 1. The summed E-state index contributed by atoms with van der Waals surface area (Å²) in [7, 11) is 0.583. The summed E-state index contributed by atoms with van der Waals surface area (Å²) < 4.78 is 39.3. The number of methoxy groups -OCH3 is 2. The molecule has 0 radical (unpaired) electrons.